The van der Waals surface area contributed by atoms with Crippen LogP contribution in [0, 0.1) is 5.92 Å². The van der Waals surface area contributed by atoms with Gasteiger partial charge < -0.3 is 15.2 Å². The van der Waals surface area contributed by atoms with Gasteiger partial charge in [-0.2, -0.15) is 0 Å². The molecule has 1 aliphatic rings. The molecule has 0 saturated carbocycles. The molecule has 1 unspecified atom stereocenters. The van der Waals surface area contributed by atoms with Crippen molar-refractivity contribution < 1.29 is 24.2 Å². The number of hydrogen-bond donors (Lipinski definition) is 2. The van der Waals surface area contributed by atoms with Crippen molar-refractivity contribution in [1.29, 1.82) is 0 Å². The average Bonchev–Trinajstić information content (AvgIpc) is 2.99. The van der Waals surface area contributed by atoms with E-state index >= 15 is 0 Å². The molecule has 0 bridgehead atoms. The minimum atomic E-state index is -1.38. The molecule has 6 nitrogen and oxygen atoms in total. The number of nitrogens with one attached hydrogen (secondary N) is 1. The van der Waals surface area contributed by atoms with Gasteiger partial charge in [0.05, 0.1) is 0 Å². The highest BCUT2D eigenvalue weighted by molar-refractivity contribution is 5.99. The van der Waals surface area contributed by atoms with Gasteiger partial charge in [-0.15, -0.1) is 0 Å². The molecule has 112 valence electrons. The molecular weight excluding hydrogens is 274 g/mol. The highest BCUT2D eigenvalue weighted by Crippen LogP contribution is 2.13. The molecule has 2 rings (SSSR count). The topological polar surface area (TPSA) is 92.7 Å². The van der Waals surface area contributed by atoms with Crippen molar-refractivity contribution in [2.24, 2.45) is 5.92 Å². The Balaban J connectivity index is 1.98. The van der Waals surface area contributed by atoms with Crippen LogP contribution in [0.1, 0.15) is 18.4 Å². The van der Waals surface area contributed by atoms with Gasteiger partial charge in [-0.1, -0.05) is 30.3 Å². The van der Waals surface area contributed by atoms with Gasteiger partial charge in [-0.25, -0.2) is 4.79 Å². The van der Waals surface area contributed by atoms with E-state index < -0.39 is 29.9 Å². The Kier molecular flexibility index (Phi) is 5.05. The van der Waals surface area contributed by atoms with Gasteiger partial charge in [-0.05, 0) is 31.4 Å². The number of hydrogen-bond acceptors (Lipinski definition) is 5. The fraction of sp³-hybridized carbons (Fsp3) is 0.400. The van der Waals surface area contributed by atoms with Crippen LogP contribution in [0.5, 0.6) is 0 Å². The van der Waals surface area contributed by atoms with Gasteiger partial charge in [0, 0.05) is 0 Å². The van der Waals surface area contributed by atoms with Crippen molar-refractivity contribution in [1.82, 2.24) is 5.32 Å². The molecule has 0 aromatic heterocycles. The Morgan fingerprint density at radius 3 is 2.57 bits per heavy atom. The Bertz CT molecular complexity index is 522. The van der Waals surface area contributed by atoms with Crippen LogP contribution in [-0.2, 0) is 25.5 Å². The molecule has 0 spiro atoms. The summed E-state index contributed by atoms with van der Waals surface area (Å²) in [6.07, 6.45) is 1.43. The maximum Gasteiger partial charge on any atom is 0.330 e. The molecular formula is C15H17NO5. The molecule has 1 fully saturated rings. The van der Waals surface area contributed by atoms with Gasteiger partial charge in [0.25, 0.3) is 0 Å². The summed E-state index contributed by atoms with van der Waals surface area (Å²) < 4.78 is 4.71. The van der Waals surface area contributed by atoms with Crippen molar-refractivity contribution in [3.05, 3.63) is 35.9 Å². The van der Waals surface area contributed by atoms with Crippen LogP contribution in [0.25, 0.3) is 0 Å². The van der Waals surface area contributed by atoms with E-state index in [4.69, 9.17) is 9.84 Å². The quantitative estimate of drug-likeness (QED) is 0.614. The minimum Gasteiger partial charge on any atom is -0.481 e. The molecule has 1 aromatic rings. The summed E-state index contributed by atoms with van der Waals surface area (Å²) >= 11 is 0. The number of carbonyl (C=O) groups is 3. The molecule has 1 aromatic carbocycles. The number of carbonyl (C=O) groups excluding carboxylic acids is 2. The zero-order valence-corrected chi connectivity index (χ0v) is 11.5. The first kappa shape index (κ1) is 15.2. The van der Waals surface area contributed by atoms with Gasteiger partial charge in [0.15, 0.2) is 5.92 Å². The zero-order chi connectivity index (χ0) is 15.2. The summed E-state index contributed by atoms with van der Waals surface area (Å²) in [7, 11) is 0. The summed E-state index contributed by atoms with van der Waals surface area (Å²) in [4.78, 5) is 34.9. The van der Waals surface area contributed by atoms with Crippen LogP contribution in [0.3, 0.4) is 0 Å². The third-order valence-corrected chi connectivity index (χ3v) is 3.41. The Morgan fingerprint density at radius 1 is 1.29 bits per heavy atom. The SMILES string of the molecule is O=C(O)C(Cc1ccccc1)C(=O)OC(=O)[C@@H]1CCCN1. The monoisotopic (exact) mass is 291 g/mol. The number of carboxylic acids is 1. The molecule has 2 N–H and O–H groups in total. The first-order valence-electron chi connectivity index (χ1n) is 6.83. The van der Waals surface area contributed by atoms with E-state index in [2.05, 4.69) is 5.32 Å². The fourth-order valence-corrected chi connectivity index (χ4v) is 2.25. The molecule has 21 heavy (non-hydrogen) atoms. The lowest BCUT2D eigenvalue weighted by atomic mass is 9.99. The summed E-state index contributed by atoms with van der Waals surface area (Å²) in [5.41, 5.74) is 0.702. The van der Waals surface area contributed by atoms with E-state index in [1.165, 1.54) is 0 Å². The molecule has 0 aliphatic carbocycles. The zero-order valence-electron chi connectivity index (χ0n) is 11.5. The van der Waals surface area contributed by atoms with E-state index in [-0.39, 0.29) is 6.42 Å². The van der Waals surface area contributed by atoms with Gasteiger partial charge >= 0.3 is 17.9 Å². The van der Waals surface area contributed by atoms with Crippen LogP contribution >= 0.6 is 0 Å². The van der Waals surface area contributed by atoms with Crippen molar-refractivity contribution >= 4 is 17.9 Å². The highest BCUT2D eigenvalue weighted by Gasteiger charge is 2.33. The summed E-state index contributed by atoms with van der Waals surface area (Å²) in [6.45, 7) is 0.695. The third kappa shape index (κ3) is 4.13. The molecule has 1 aliphatic heterocycles. The van der Waals surface area contributed by atoms with Crippen LogP contribution in [0.15, 0.2) is 30.3 Å². The largest absolute Gasteiger partial charge is 0.481 e. The van der Waals surface area contributed by atoms with Crippen LogP contribution in [0.2, 0.25) is 0 Å². The maximum atomic E-state index is 11.9. The van der Waals surface area contributed by atoms with Crippen molar-refractivity contribution in [2.75, 3.05) is 6.54 Å². The Morgan fingerprint density at radius 2 is 2.00 bits per heavy atom. The predicted molar refractivity (Wildman–Crippen MR) is 73.4 cm³/mol. The van der Waals surface area contributed by atoms with Crippen molar-refractivity contribution in [2.45, 2.75) is 25.3 Å². The molecule has 6 heteroatoms. The van der Waals surface area contributed by atoms with E-state index in [9.17, 15) is 14.4 Å². The van der Waals surface area contributed by atoms with Crippen molar-refractivity contribution in [3.63, 3.8) is 0 Å². The summed E-state index contributed by atoms with van der Waals surface area (Å²) in [6, 6.07) is 8.25. The molecule has 1 heterocycles. The molecule has 0 radical (unpaired) electrons. The number of esters is 2. The first-order chi connectivity index (χ1) is 10.1. The number of ether oxygens (including phenoxy) is 1. The van der Waals surface area contributed by atoms with Crippen LogP contribution in [-0.4, -0.2) is 35.6 Å². The number of benzene rings is 1. The maximum absolute atomic E-state index is 11.9. The second-order valence-electron chi connectivity index (χ2n) is 4.97. The lowest BCUT2D eigenvalue weighted by Crippen LogP contribution is -2.37. The van der Waals surface area contributed by atoms with E-state index in [1.807, 2.05) is 0 Å². The standard InChI is InChI=1S/C15H17NO5/c17-13(18)11(9-10-5-2-1-3-6-10)14(19)21-15(20)12-7-4-8-16-12/h1-3,5-6,11-12,16H,4,7-9H2,(H,17,18)/t11?,12-/m0/s1. The Labute approximate surface area is 122 Å². The van der Waals surface area contributed by atoms with Crippen LogP contribution < -0.4 is 5.32 Å². The number of carboxylic acid groups (broad SMARTS) is 1. The first-order valence-corrected chi connectivity index (χ1v) is 6.83. The minimum absolute atomic E-state index is 0.000379. The third-order valence-electron chi connectivity index (χ3n) is 3.41. The second kappa shape index (κ2) is 6.99. The van der Waals surface area contributed by atoms with Crippen LogP contribution in [0.4, 0.5) is 0 Å². The predicted octanol–water partition coefficient (Wildman–Crippen LogP) is 0.752. The van der Waals surface area contributed by atoms with Gasteiger partial charge in [-0.3, -0.25) is 9.59 Å². The second-order valence-corrected chi connectivity index (χ2v) is 4.97. The average molecular weight is 291 g/mol. The smallest absolute Gasteiger partial charge is 0.330 e. The van der Waals surface area contributed by atoms with Gasteiger partial charge in [0.2, 0.25) is 0 Å². The molecule has 0 amide bonds. The lowest BCUT2D eigenvalue weighted by Gasteiger charge is -2.13. The lowest BCUT2D eigenvalue weighted by molar-refractivity contribution is -0.167. The highest BCUT2D eigenvalue weighted by atomic mass is 16.6. The molecule has 2 atom stereocenters. The van der Waals surface area contributed by atoms with Gasteiger partial charge in [0.1, 0.15) is 6.04 Å². The molecule has 1 saturated heterocycles. The normalized spacial score (nSPS) is 19.0. The number of aliphatic carboxylic acids is 1. The van der Waals surface area contributed by atoms with Crippen molar-refractivity contribution in [3.8, 4) is 0 Å². The summed E-state index contributed by atoms with van der Waals surface area (Å²) in [5.74, 6) is -4.38. The Hall–Kier alpha value is -2.21. The van der Waals surface area contributed by atoms with E-state index in [0.717, 1.165) is 6.42 Å². The van der Waals surface area contributed by atoms with E-state index in [1.54, 1.807) is 30.3 Å². The van der Waals surface area contributed by atoms with E-state index in [0.29, 0.717) is 18.5 Å². The number of rotatable bonds is 5. The summed E-state index contributed by atoms with van der Waals surface area (Å²) in [5, 5.41) is 12.1. The fourth-order valence-electron chi connectivity index (χ4n) is 2.25.